The van der Waals surface area contributed by atoms with Crippen LogP contribution < -0.4 is 5.73 Å². The van der Waals surface area contributed by atoms with Gasteiger partial charge in [-0.1, -0.05) is 42.5 Å². The summed E-state index contributed by atoms with van der Waals surface area (Å²) in [6, 6.07) is 19.2. The maximum Gasteiger partial charge on any atom is 0.0341 e. The first kappa shape index (κ1) is 14.2. The van der Waals surface area contributed by atoms with E-state index in [-0.39, 0.29) is 4.75 Å². The third kappa shape index (κ3) is 2.80. The molecule has 0 unspecified atom stereocenters. The molecule has 2 aromatic rings. The number of thioether (sulfide) groups is 1. The van der Waals surface area contributed by atoms with Crippen LogP contribution in [-0.2, 0) is 0 Å². The van der Waals surface area contributed by atoms with Crippen molar-refractivity contribution in [2.24, 2.45) is 5.73 Å². The van der Waals surface area contributed by atoms with Gasteiger partial charge in [-0.2, -0.15) is 0 Å². The highest BCUT2D eigenvalue weighted by Crippen LogP contribution is 2.55. The van der Waals surface area contributed by atoms with E-state index in [2.05, 4.69) is 70.5 Å². The molecule has 1 aliphatic rings. The molecule has 0 heterocycles. The minimum atomic E-state index is 0.199. The molecule has 2 N–H and O–H groups in total. The van der Waals surface area contributed by atoms with Gasteiger partial charge in [0.1, 0.15) is 0 Å². The first-order valence-electron chi connectivity index (χ1n) is 6.91. The van der Waals surface area contributed by atoms with Crippen LogP contribution in [0.1, 0.15) is 24.3 Å². The summed E-state index contributed by atoms with van der Waals surface area (Å²) >= 11 is 5.56. The van der Waals surface area contributed by atoms with Gasteiger partial charge in [0, 0.05) is 20.7 Å². The van der Waals surface area contributed by atoms with Gasteiger partial charge in [-0.3, -0.25) is 0 Å². The molecule has 1 saturated carbocycles. The van der Waals surface area contributed by atoms with Crippen LogP contribution in [0.15, 0.2) is 64.0 Å². The van der Waals surface area contributed by atoms with Crippen molar-refractivity contribution < 1.29 is 0 Å². The number of halogens is 1. The second-order valence-corrected chi connectivity index (χ2v) is 7.80. The Labute approximate surface area is 133 Å². The number of nitrogens with two attached hydrogens (primary N) is 1. The van der Waals surface area contributed by atoms with Gasteiger partial charge in [-0.05, 0) is 52.4 Å². The van der Waals surface area contributed by atoms with Gasteiger partial charge in [0.2, 0.25) is 0 Å². The van der Waals surface area contributed by atoms with E-state index in [1.807, 2.05) is 11.8 Å². The van der Waals surface area contributed by atoms with E-state index < -0.39 is 0 Å². The minimum Gasteiger partial charge on any atom is -0.329 e. The van der Waals surface area contributed by atoms with E-state index in [1.54, 1.807) is 0 Å². The second-order valence-electron chi connectivity index (χ2n) is 5.44. The molecular weight excluding hydrogens is 330 g/mol. The van der Waals surface area contributed by atoms with Gasteiger partial charge in [0.05, 0.1) is 0 Å². The Kier molecular flexibility index (Phi) is 4.20. The van der Waals surface area contributed by atoms with E-state index in [0.717, 1.165) is 6.54 Å². The first-order valence-corrected chi connectivity index (χ1v) is 8.52. The normalized spacial score (nSPS) is 25.2. The zero-order chi connectivity index (χ0) is 14.0. The monoisotopic (exact) mass is 347 g/mol. The molecule has 0 radical (unpaired) electrons. The highest BCUT2D eigenvalue weighted by Gasteiger charge is 2.44. The van der Waals surface area contributed by atoms with Crippen LogP contribution in [0.4, 0.5) is 0 Å². The summed E-state index contributed by atoms with van der Waals surface area (Å²) in [6.07, 6.45) is 2.33. The van der Waals surface area contributed by atoms with Crippen LogP contribution in [-0.4, -0.2) is 11.3 Å². The SMILES string of the molecule is NCC1(Sc2ccccc2Br)CC(c2ccccc2)C1. The largest absolute Gasteiger partial charge is 0.329 e. The molecule has 0 atom stereocenters. The molecule has 3 heteroatoms. The van der Waals surface area contributed by atoms with E-state index in [0.29, 0.717) is 5.92 Å². The summed E-state index contributed by atoms with van der Waals surface area (Å²) in [5.74, 6) is 0.662. The van der Waals surface area contributed by atoms with Gasteiger partial charge in [-0.15, -0.1) is 11.8 Å². The lowest BCUT2D eigenvalue weighted by molar-refractivity contribution is 0.313. The summed E-state index contributed by atoms with van der Waals surface area (Å²) in [5, 5.41) is 0. The Hall–Kier alpha value is -0.770. The number of benzene rings is 2. The zero-order valence-electron chi connectivity index (χ0n) is 11.3. The molecule has 0 saturated heterocycles. The Morgan fingerprint density at radius 3 is 2.35 bits per heavy atom. The molecule has 0 amide bonds. The predicted octanol–water partition coefficient (Wildman–Crippen LogP) is 4.82. The lowest BCUT2D eigenvalue weighted by atomic mass is 9.70. The molecule has 20 heavy (non-hydrogen) atoms. The Balaban J connectivity index is 1.72. The quantitative estimate of drug-likeness (QED) is 0.858. The summed E-state index contributed by atoms with van der Waals surface area (Å²) in [5.41, 5.74) is 7.52. The smallest absolute Gasteiger partial charge is 0.0341 e. The van der Waals surface area contributed by atoms with Gasteiger partial charge >= 0.3 is 0 Å². The number of hydrogen-bond acceptors (Lipinski definition) is 2. The molecule has 3 rings (SSSR count). The molecule has 0 spiro atoms. The predicted molar refractivity (Wildman–Crippen MR) is 90.2 cm³/mol. The van der Waals surface area contributed by atoms with Crippen LogP contribution in [0.3, 0.4) is 0 Å². The first-order chi connectivity index (χ1) is 9.72. The molecule has 0 bridgehead atoms. The summed E-state index contributed by atoms with van der Waals surface area (Å²) in [7, 11) is 0. The van der Waals surface area contributed by atoms with Crippen molar-refractivity contribution in [2.45, 2.75) is 28.4 Å². The average Bonchev–Trinajstić information content (AvgIpc) is 2.45. The van der Waals surface area contributed by atoms with Crippen molar-refractivity contribution in [3.63, 3.8) is 0 Å². The molecule has 0 aromatic heterocycles. The zero-order valence-corrected chi connectivity index (χ0v) is 13.7. The lowest BCUT2D eigenvalue weighted by Gasteiger charge is -2.47. The van der Waals surface area contributed by atoms with Gasteiger partial charge < -0.3 is 5.73 Å². The molecule has 1 aliphatic carbocycles. The van der Waals surface area contributed by atoms with E-state index >= 15 is 0 Å². The highest BCUT2D eigenvalue weighted by molar-refractivity contribution is 9.10. The van der Waals surface area contributed by atoms with Crippen molar-refractivity contribution in [2.75, 3.05) is 6.54 Å². The molecule has 1 fully saturated rings. The van der Waals surface area contributed by atoms with Crippen LogP contribution >= 0.6 is 27.7 Å². The molecule has 104 valence electrons. The Morgan fingerprint density at radius 2 is 1.70 bits per heavy atom. The summed E-state index contributed by atoms with van der Waals surface area (Å²) in [4.78, 5) is 1.30. The highest BCUT2D eigenvalue weighted by atomic mass is 79.9. The van der Waals surface area contributed by atoms with Crippen LogP contribution in [0.25, 0.3) is 0 Å². The number of hydrogen-bond donors (Lipinski definition) is 1. The summed E-state index contributed by atoms with van der Waals surface area (Å²) < 4.78 is 1.37. The molecule has 1 nitrogen and oxygen atoms in total. The minimum absolute atomic E-state index is 0.199. The van der Waals surface area contributed by atoms with E-state index in [4.69, 9.17) is 5.73 Å². The molecular formula is C17H18BrNS. The van der Waals surface area contributed by atoms with Crippen molar-refractivity contribution in [3.8, 4) is 0 Å². The standard InChI is InChI=1S/C17H18BrNS/c18-15-8-4-5-9-16(15)20-17(12-19)10-14(11-17)13-6-2-1-3-7-13/h1-9,14H,10-12,19H2. The second kappa shape index (κ2) is 5.92. The molecule has 2 aromatic carbocycles. The maximum atomic E-state index is 6.07. The van der Waals surface area contributed by atoms with Gasteiger partial charge in [0.15, 0.2) is 0 Å². The topological polar surface area (TPSA) is 26.0 Å². The van der Waals surface area contributed by atoms with Crippen molar-refractivity contribution in [3.05, 3.63) is 64.6 Å². The van der Waals surface area contributed by atoms with E-state index in [9.17, 15) is 0 Å². The van der Waals surface area contributed by atoms with Crippen LogP contribution in [0.5, 0.6) is 0 Å². The Morgan fingerprint density at radius 1 is 1.05 bits per heavy atom. The van der Waals surface area contributed by atoms with Gasteiger partial charge in [-0.25, -0.2) is 0 Å². The van der Waals surface area contributed by atoms with Gasteiger partial charge in [0.25, 0.3) is 0 Å². The third-order valence-electron chi connectivity index (χ3n) is 4.04. The number of rotatable bonds is 4. The lowest BCUT2D eigenvalue weighted by Crippen LogP contribution is -2.45. The average molecular weight is 348 g/mol. The van der Waals surface area contributed by atoms with E-state index in [1.165, 1.54) is 27.8 Å². The maximum absolute atomic E-state index is 6.07. The van der Waals surface area contributed by atoms with Crippen LogP contribution in [0.2, 0.25) is 0 Å². The third-order valence-corrected chi connectivity index (χ3v) is 6.51. The van der Waals surface area contributed by atoms with Crippen molar-refractivity contribution in [1.82, 2.24) is 0 Å². The fourth-order valence-corrected chi connectivity index (χ4v) is 4.81. The Bertz CT molecular complexity index is 579. The summed E-state index contributed by atoms with van der Waals surface area (Å²) in [6.45, 7) is 0.738. The van der Waals surface area contributed by atoms with Crippen molar-refractivity contribution in [1.29, 1.82) is 0 Å². The van der Waals surface area contributed by atoms with Crippen molar-refractivity contribution >= 4 is 27.7 Å². The fraction of sp³-hybridized carbons (Fsp3) is 0.294. The fourth-order valence-electron chi connectivity index (χ4n) is 2.85. The molecule has 0 aliphatic heterocycles. The van der Waals surface area contributed by atoms with Crippen LogP contribution in [0, 0.1) is 0 Å².